The van der Waals surface area contributed by atoms with E-state index in [0.717, 1.165) is 50.8 Å². The van der Waals surface area contributed by atoms with Crippen molar-refractivity contribution in [3.8, 4) is 0 Å². The largest absolute Gasteiger partial charge is 0.449 e. The van der Waals surface area contributed by atoms with Gasteiger partial charge in [0.15, 0.2) is 0 Å². The minimum absolute atomic E-state index is 0.233. The third-order valence-corrected chi connectivity index (χ3v) is 4.60. The number of alkyl halides is 3. The number of halogens is 3. The number of likely N-dealkylation sites (tertiary alicyclic amines) is 1. The van der Waals surface area contributed by atoms with Crippen LogP contribution < -0.4 is 0 Å². The molecule has 0 radical (unpaired) electrons. The van der Waals surface area contributed by atoms with Gasteiger partial charge in [-0.25, -0.2) is 14.8 Å². The Morgan fingerprint density at radius 3 is 2.69 bits per heavy atom. The Balaban J connectivity index is 1.68. The highest BCUT2D eigenvalue weighted by Gasteiger charge is 2.32. The number of carbonyl (C=O) groups excluding carboxylic acids is 1. The van der Waals surface area contributed by atoms with Crippen molar-refractivity contribution in [2.75, 3.05) is 19.7 Å². The van der Waals surface area contributed by atoms with Crippen molar-refractivity contribution in [1.29, 1.82) is 0 Å². The Morgan fingerprint density at radius 1 is 1.31 bits per heavy atom. The summed E-state index contributed by atoms with van der Waals surface area (Å²) in [4.78, 5) is 21.1. The first-order chi connectivity index (χ1) is 12.4. The number of aromatic nitrogens is 2. The van der Waals surface area contributed by atoms with Gasteiger partial charge in [0.2, 0.25) is 0 Å². The van der Waals surface area contributed by atoms with E-state index in [1.54, 1.807) is 4.90 Å². The van der Waals surface area contributed by atoms with E-state index in [0.29, 0.717) is 32.0 Å². The van der Waals surface area contributed by atoms with Crippen molar-refractivity contribution >= 4 is 6.09 Å². The minimum Gasteiger partial charge on any atom is -0.449 e. The smallest absolute Gasteiger partial charge is 0.433 e. The first kappa shape index (κ1) is 20.5. The van der Waals surface area contributed by atoms with Crippen LogP contribution in [0, 0.1) is 5.92 Å². The Kier molecular flexibility index (Phi) is 7.66. The summed E-state index contributed by atoms with van der Waals surface area (Å²) in [5.41, 5.74) is -0.891. The maximum absolute atomic E-state index is 12.6. The molecule has 0 atom stereocenters. The van der Waals surface area contributed by atoms with Gasteiger partial charge in [0.25, 0.3) is 0 Å². The molecule has 146 valence electrons. The quantitative estimate of drug-likeness (QED) is 0.662. The molecule has 8 heteroatoms. The van der Waals surface area contributed by atoms with Gasteiger partial charge < -0.3 is 9.64 Å². The Hall–Kier alpha value is -1.86. The fourth-order valence-electron chi connectivity index (χ4n) is 3.03. The molecule has 1 aliphatic rings. The van der Waals surface area contributed by atoms with Gasteiger partial charge in [-0.2, -0.15) is 13.2 Å². The molecule has 1 amide bonds. The number of carbonyl (C=O) groups is 1. The predicted octanol–water partition coefficient (Wildman–Crippen LogP) is 4.47. The van der Waals surface area contributed by atoms with E-state index in [2.05, 4.69) is 9.97 Å². The second kappa shape index (κ2) is 9.73. The van der Waals surface area contributed by atoms with Crippen LogP contribution in [-0.2, 0) is 17.3 Å². The van der Waals surface area contributed by atoms with Gasteiger partial charge in [-0.1, -0.05) is 13.3 Å². The highest BCUT2D eigenvalue weighted by molar-refractivity contribution is 5.67. The Labute approximate surface area is 152 Å². The van der Waals surface area contributed by atoms with Gasteiger partial charge >= 0.3 is 12.3 Å². The van der Waals surface area contributed by atoms with E-state index in [9.17, 15) is 18.0 Å². The third-order valence-electron chi connectivity index (χ3n) is 4.60. The molecule has 1 aromatic heterocycles. The topological polar surface area (TPSA) is 55.3 Å². The zero-order chi connectivity index (χ0) is 19.0. The van der Waals surface area contributed by atoms with Crippen molar-refractivity contribution in [2.24, 2.45) is 5.92 Å². The van der Waals surface area contributed by atoms with E-state index >= 15 is 0 Å². The number of ether oxygens (including phenoxy) is 1. The van der Waals surface area contributed by atoms with Gasteiger partial charge in [-0.05, 0) is 44.1 Å². The Bertz CT molecular complexity index is 573. The lowest BCUT2D eigenvalue weighted by molar-refractivity contribution is -0.141. The number of amides is 1. The molecule has 0 bridgehead atoms. The van der Waals surface area contributed by atoms with Gasteiger partial charge in [0.1, 0.15) is 11.5 Å². The zero-order valence-corrected chi connectivity index (χ0v) is 15.1. The summed E-state index contributed by atoms with van der Waals surface area (Å²) in [6.45, 7) is 3.86. The summed E-state index contributed by atoms with van der Waals surface area (Å²) in [6, 6.07) is 0.888. The molecular formula is C18H26F3N3O2. The molecule has 1 aromatic rings. The predicted molar refractivity (Wildman–Crippen MR) is 90.5 cm³/mol. The lowest BCUT2D eigenvalue weighted by atomic mass is 9.91. The monoisotopic (exact) mass is 373 g/mol. The number of nitrogens with zero attached hydrogens (tertiary/aromatic N) is 3. The number of hydrogen-bond acceptors (Lipinski definition) is 4. The number of rotatable bonds is 7. The molecule has 0 aliphatic carbocycles. The van der Waals surface area contributed by atoms with Crippen molar-refractivity contribution in [3.05, 3.63) is 23.8 Å². The van der Waals surface area contributed by atoms with E-state index in [-0.39, 0.29) is 11.9 Å². The second-order valence-electron chi connectivity index (χ2n) is 6.65. The van der Waals surface area contributed by atoms with Crippen molar-refractivity contribution in [2.45, 2.75) is 58.0 Å². The van der Waals surface area contributed by atoms with Crippen molar-refractivity contribution < 1.29 is 22.7 Å². The summed E-state index contributed by atoms with van der Waals surface area (Å²) < 4.78 is 43.2. The molecule has 0 N–H and O–H groups in total. The molecular weight excluding hydrogens is 347 g/mol. The first-order valence-corrected chi connectivity index (χ1v) is 9.21. The van der Waals surface area contributed by atoms with Crippen LogP contribution in [0.5, 0.6) is 0 Å². The number of piperidine rings is 1. The molecule has 0 saturated carbocycles. The molecule has 1 fully saturated rings. The molecule has 0 unspecified atom stereocenters. The van der Waals surface area contributed by atoms with E-state index in [1.807, 2.05) is 6.92 Å². The van der Waals surface area contributed by atoms with Crippen LogP contribution >= 0.6 is 0 Å². The maximum Gasteiger partial charge on any atom is 0.433 e. The second-order valence-corrected chi connectivity index (χ2v) is 6.65. The summed E-state index contributed by atoms with van der Waals surface area (Å²) in [5.74, 6) is 0.706. The van der Waals surface area contributed by atoms with E-state index in [1.165, 1.54) is 0 Å². The number of hydrogen-bond donors (Lipinski definition) is 0. The highest BCUT2D eigenvalue weighted by atomic mass is 19.4. The lowest BCUT2D eigenvalue weighted by Gasteiger charge is -2.31. The molecule has 1 saturated heterocycles. The standard InChI is InChI=1S/C18H26F3N3O2/c1-2-3-13-26-17(25)24-11-8-14(9-12-24)5-4-6-16-22-10-7-15(23-16)18(19,20)21/h7,10,14H,2-6,8-9,11-13H2,1H3. The minimum atomic E-state index is -4.43. The summed E-state index contributed by atoms with van der Waals surface area (Å²) >= 11 is 0. The fraction of sp³-hybridized carbons (Fsp3) is 0.722. The van der Waals surface area contributed by atoms with Crippen LogP contribution in [0.2, 0.25) is 0 Å². The van der Waals surface area contributed by atoms with Gasteiger partial charge in [-0.15, -0.1) is 0 Å². The third kappa shape index (κ3) is 6.46. The molecule has 2 rings (SSSR count). The van der Waals surface area contributed by atoms with Crippen LogP contribution in [0.25, 0.3) is 0 Å². The highest BCUT2D eigenvalue weighted by Crippen LogP contribution is 2.27. The maximum atomic E-state index is 12.6. The van der Waals surface area contributed by atoms with Crippen LogP contribution in [0.15, 0.2) is 12.3 Å². The van der Waals surface area contributed by atoms with Crippen LogP contribution in [-0.4, -0.2) is 40.7 Å². The van der Waals surface area contributed by atoms with Crippen LogP contribution in [0.1, 0.15) is 57.0 Å². The summed E-state index contributed by atoms with van der Waals surface area (Å²) in [5, 5.41) is 0. The SMILES string of the molecule is CCCCOC(=O)N1CCC(CCCc2nccc(C(F)(F)F)n2)CC1. The first-order valence-electron chi connectivity index (χ1n) is 9.21. The van der Waals surface area contributed by atoms with Crippen molar-refractivity contribution in [1.82, 2.24) is 14.9 Å². The van der Waals surface area contributed by atoms with Crippen LogP contribution in [0.4, 0.5) is 18.0 Å². The average molecular weight is 373 g/mol. The summed E-state index contributed by atoms with van der Waals surface area (Å²) in [6.07, 6.45) is 2.22. The summed E-state index contributed by atoms with van der Waals surface area (Å²) in [7, 11) is 0. The van der Waals surface area contributed by atoms with Crippen molar-refractivity contribution in [3.63, 3.8) is 0 Å². The number of aryl methyl sites for hydroxylation is 1. The molecule has 0 aromatic carbocycles. The Morgan fingerprint density at radius 2 is 2.04 bits per heavy atom. The molecule has 1 aliphatic heterocycles. The normalized spacial score (nSPS) is 15.9. The number of unbranched alkanes of at least 4 members (excludes halogenated alkanes) is 1. The lowest BCUT2D eigenvalue weighted by Crippen LogP contribution is -2.39. The average Bonchev–Trinajstić information content (AvgIpc) is 2.62. The van der Waals surface area contributed by atoms with Gasteiger partial charge in [-0.3, -0.25) is 0 Å². The molecule has 0 spiro atoms. The fourth-order valence-corrected chi connectivity index (χ4v) is 3.03. The van der Waals surface area contributed by atoms with E-state index < -0.39 is 11.9 Å². The van der Waals surface area contributed by atoms with Gasteiger partial charge in [0, 0.05) is 25.7 Å². The molecule has 26 heavy (non-hydrogen) atoms. The van der Waals surface area contributed by atoms with Crippen LogP contribution in [0.3, 0.4) is 0 Å². The van der Waals surface area contributed by atoms with E-state index in [4.69, 9.17) is 4.74 Å². The molecule has 5 nitrogen and oxygen atoms in total. The zero-order valence-electron chi connectivity index (χ0n) is 15.1. The van der Waals surface area contributed by atoms with Gasteiger partial charge in [0.05, 0.1) is 6.61 Å². The molecule has 2 heterocycles.